The van der Waals surface area contributed by atoms with E-state index in [1.165, 1.54) is 0 Å². The molecule has 0 fully saturated rings. The van der Waals surface area contributed by atoms with Gasteiger partial charge in [-0.15, -0.1) is 0 Å². The maximum atomic E-state index is 6.72. The van der Waals surface area contributed by atoms with E-state index in [2.05, 4.69) is 45.2 Å². The number of halogens is 2. The van der Waals surface area contributed by atoms with E-state index in [4.69, 9.17) is 1.37 Å². The van der Waals surface area contributed by atoms with E-state index < -0.39 is 0 Å². The van der Waals surface area contributed by atoms with Crippen LogP contribution in [0.25, 0.3) is 0 Å². The summed E-state index contributed by atoms with van der Waals surface area (Å²) < 4.78 is 7.37. The first-order valence-electron chi connectivity index (χ1n) is 2.05. The Morgan fingerprint density at radius 1 is 2.00 bits per heavy atom. The van der Waals surface area contributed by atoms with Crippen LogP contribution in [0.5, 0.6) is 0 Å². The van der Waals surface area contributed by atoms with E-state index >= 15 is 0 Å². The van der Waals surface area contributed by atoms with Gasteiger partial charge < -0.3 is 0 Å². The average Bonchev–Trinajstić information content (AvgIpc) is 1.35. The monoisotopic (exact) mass is 297 g/mol. The molecule has 0 heterocycles. The van der Waals surface area contributed by atoms with Crippen molar-refractivity contribution >= 4 is 45.2 Å². The Morgan fingerprint density at radius 3 is 2.60 bits per heavy atom. The molecule has 0 saturated carbocycles. The summed E-state index contributed by atoms with van der Waals surface area (Å²) >= 11 is 4.62. The molecule has 0 unspecified atom stereocenters. The molecular weight excluding hydrogens is 290 g/mol. The van der Waals surface area contributed by atoms with E-state index in [0.717, 1.165) is 6.42 Å². The topological polar surface area (TPSA) is 0 Å². The summed E-state index contributed by atoms with van der Waals surface area (Å²) in [5.74, 6) is 0. The number of hydrogen-bond acceptors (Lipinski definition) is 0. The average molecular weight is 297 g/mol. The van der Waals surface area contributed by atoms with Gasteiger partial charge in [0.1, 0.15) is 0 Å². The van der Waals surface area contributed by atoms with Gasteiger partial charge in [0.25, 0.3) is 0 Å². The fourth-order valence-electron chi connectivity index (χ4n) is 0. The molecule has 0 spiro atoms. The molecule has 0 atom stereocenters. The SMILES string of the molecule is [2H]CCC(I)I. The highest BCUT2D eigenvalue weighted by Gasteiger charge is 1.85. The summed E-state index contributed by atoms with van der Waals surface area (Å²) in [6.07, 6.45) is 1.02. The molecule has 2 heteroatoms. The Morgan fingerprint density at radius 2 is 2.60 bits per heavy atom. The number of hydrogen-bond donors (Lipinski definition) is 0. The van der Waals surface area contributed by atoms with Crippen LogP contribution in [0.1, 0.15) is 14.7 Å². The maximum absolute atomic E-state index is 6.72. The van der Waals surface area contributed by atoms with Gasteiger partial charge in [-0.05, 0) is 6.42 Å². The van der Waals surface area contributed by atoms with Crippen molar-refractivity contribution in [3.63, 3.8) is 0 Å². The quantitative estimate of drug-likeness (QED) is 0.515. The highest BCUT2D eigenvalue weighted by atomic mass is 127. The fourth-order valence-corrected chi connectivity index (χ4v) is 0. The highest BCUT2D eigenvalue weighted by molar-refractivity contribution is 14.2. The molecular formula is C3H6I2. The first-order valence-corrected chi connectivity index (χ1v) is 3.84. The lowest BCUT2D eigenvalue weighted by atomic mass is 10.6. The van der Waals surface area contributed by atoms with Crippen LogP contribution in [0.2, 0.25) is 0 Å². The third kappa shape index (κ3) is 5.46. The molecule has 32 valence electrons. The van der Waals surface area contributed by atoms with Crippen LogP contribution in [0.4, 0.5) is 0 Å². The van der Waals surface area contributed by atoms with E-state index in [-0.39, 0.29) is 0 Å². The van der Waals surface area contributed by atoms with Crippen molar-refractivity contribution in [2.45, 2.75) is 15.3 Å². The van der Waals surface area contributed by atoms with Crippen LogP contribution in [-0.2, 0) is 0 Å². The normalized spacial score (nSPS) is 12.2. The highest BCUT2D eigenvalue weighted by Crippen LogP contribution is 2.11. The van der Waals surface area contributed by atoms with E-state index in [1.807, 2.05) is 0 Å². The maximum Gasteiger partial charge on any atom is 0.0624 e. The lowest BCUT2D eigenvalue weighted by Gasteiger charge is -1.85. The Kier molecular flexibility index (Phi) is 3.36. The Balaban J connectivity index is 2.63. The molecule has 0 radical (unpaired) electrons. The van der Waals surface area contributed by atoms with Crippen molar-refractivity contribution in [3.8, 4) is 0 Å². The summed E-state index contributed by atoms with van der Waals surface area (Å²) in [5, 5.41) is 0. The molecule has 0 nitrogen and oxygen atoms in total. The Labute approximate surface area is 61.4 Å². The van der Waals surface area contributed by atoms with Crippen LogP contribution < -0.4 is 0 Å². The molecule has 0 saturated heterocycles. The third-order valence-electron chi connectivity index (χ3n) is 0.218. The molecule has 0 aromatic carbocycles. The van der Waals surface area contributed by atoms with E-state index in [0.29, 0.717) is 8.83 Å². The summed E-state index contributed by atoms with van der Waals surface area (Å²) in [7, 11) is 0. The van der Waals surface area contributed by atoms with Gasteiger partial charge in [0.2, 0.25) is 0 Å². The summed E-state index contributed by atoms with van der Waals surface area (Å²) in [6, 6.07) is 0. The van der Waals surface area contributed by atoms with Gasteiger partial charge in [-0.3, -0.25) is 0 Å². The van der Waals surface area contributed by atoms with Gasteiger partial charge in [0.05, 0.1) is 1.93 Å². The smallest absolute Gasteiger partial charge is 0.0624 e. The first kappa shape index (κ1) is 4.61. The molecule has 0 bridgehead atoms. The van der Waals surface area contributed by atoms with Crippen molar-refractivity contribution in [2.24, 2.45) is 0 Å². The van der Waals surface area contributed by atoms with Gasteiger partial charge in [-0.25, -0.2) is 0 Å². The second kappa shape index (κ2) is 3.64. The fraction of sp³-hybridized carbons (Fsp3) is 1.00. The van der Waals surface area contributed by atoms with Crippen molar-refractivity contribution in [2.75, 3.05) is 0 Å². The molecule has 0 aliphatic rings. The van der Waals surface area contributed by atoms with Crippen molar-refractivity contribution in [1.82, 2.24) is 0 Å². The minimum absolute atomic E-state index is 0.566. The van der Waals surface area contributed by atoms with Gasteiger partial charge in [0, 0.05) is 1.37 Å². The lowest BCUT2D eigenvalue weighted by molar-refractivity contribution is 1.11. The van der Waals surface area contributed by atoms with Crippen LogP contribution in [-0.4, -0.2) is 1.93 Å². The Bertz CT molecular complexity index is 30.0. The van der Waals surface area contributed by atoms with Crippen molar-refractivity contribution in [3.05, 3.63) is 0 Å². The van der Waals surface area contributed by atoms with Crippen molar-refractivity contribution in [1.29, 1.82) is 0 Å². The van der Waals surface area contributed by atoms with Gasteiger partial charge in [-0.1, -0.05) is 52.1 Å². The van der Waals surface area contributed by atoms with Crippen LogP contribution in [0, 0.1) is 0 Å². The summed E-state index contributed by atoms with van der Waals surface area (Å²) in [6.45, 7) is 0.566. The van der Waals surface area contributed by atoms with Gasteiger partial charge >= 0.3 is 0 Å². The third-order valence-corrected chi connectivity index (χ3v) is 1.46. The van der Waals surface area contributed by atoms with Gasteiger partial charge in [0.15, 0.2) is 0 Å². The summed E-state index contributed by atoms with van der Waals surface area (Å²) in [5.41, 5.74) is 0. The first-order chi connectivity index (χ1) is 2.77. The van der Waals surface area contributed by atoms with Crippen molar-refractivity contribution < 1.29 is 1.37 Å². The Hall–Kier alpha value is 1.46. The molecule has 0 aromatic rings. The zero-order valence-electron chi connectivity index (χ0n) is 3.75. The largest absolute Gasteiger partial charge is 0.0710 e. The second-order valence-electron chi connectivity index (χ2n) is 0.680. The standard InChI is InChI=1S/C3H6I2/c1-2-3(4)5/h3H,2H2,1H3/i1D. The van der Waals surface area contributed by atoms with Crippen LogP contribution in [0.3, 0.4) is 0 Å². The molecule has 0 amide bonds. The predicted molar refractivity (Wildman–Crippen MR) is 42.1 cm³/mol. The van der Waals surface area contributed by atoms with E-state index in [1.54, 1.807) is 0 Å². The summed E-state index contributed by atoms with van der Waals surface area (Å²) in [4.78, 5) is 0. The minimum atomic E-state index is 0.566. The zero-order valence-corrected chi connectivity index (χ0v) is 7.06. The molecule has 5 heavy (non-hydrogen) atoms. The number of alkyl halides is 2. The zero-order chi connectivity index (χ0) is 4.99. The molecule has 0 aromatic heterocycles. The molecule has 0 N–H and O–H groups in total. The predicted octanol–water partition coefficient (Wildman–Crippen LogP) is 2.59. The van der Waals surface area contributed by atoms with Crippen LogP contribution >= 0.6 is 45.2 Å². The number of rotatable bonds is 1. The molecule has 0 rings (SSSR count). The van der Waals surface area contributed by atoms with E-state index in [9.17, 15) is 0 Å². The van der Waals surface area contributed by atoms with Crippen LogP contribution in [0.15, 0.2) is 0 Å². The lowest BCUT2D eigenvalue weighted by Crippen LogP contribution is -1.72. The second-order valence-corrected chi connectivity index (χ2v) is 6.07. The van der Waals surface area contributed by atoms with Gasteiger partial charge in [-0.2, -0.15) is 0 Å². The molecule has 0 aliphatic heterocycles. The minimum Gasteiger partial charge on any atom is -0.0710 e. The molecule has 0 aliphatic carbocycles.